The monoisotopic (exact) mass is 346 g/mol. The molecule has 24 heavy (non-hydrogen) atoms. The van der Waals surface area contributed by atoms with Crippen LogP contribution in [0.4, 0.5) is 23.9 Å². The van der Waals surface area contributed by atoms with Crippen molar-refractivity contribution in [2.24, 2.45) is 0 Å². The first-order valence-electron chi connectivity index (χ1n) is 7.07. The van der Waals surface area contributed by atoms with Gasteiger partial charge in [0.2, 0.25) is 5.95 Å². The molecule has 0 spiro atoms. The predicted molar refractivity (Wildman–Crippen MR) is 77.2 cm³/mol. The van der Waals surface area contributed by atoms with Crippen molar-refractivity contribution >= 4 is 17.9 Å². The van der Waals surface area contributed by atoms with Crippen LogP contribution in [0.1, 0.15) is 26.5 Å². The van der Waals surface area contributed by atoms with Crippen LogP contribution >= 0.6 is 0 Å². The summed E-state index contributed by atoms with van der Waals surface area (Å²) in [7, 11) is 1.37. The van der Waals surface area contributed by atoms with Crippen molar-refractivity contribution in [3.8, 4) is 0 Å². The number of carbonyl (C=O) groups is 2. The summed E-state index contributed by atoms with van der Waals surface area (Å²) in [4.78, 5) is 33.5. The number of anilines is 1. The molecule has 1 fully saturated rings. The lowest BCUT2D eigenvalue weighted by Gasteiger charge is -2.24. The minimum atomic E-state index is -4.66. The zero-order valence-electron chi connectivity index (χ0n) is 13.6. The van der Waals surface area contributed by atoms with Crippen LogP contribution in [0.3, 0.4) is 0 Å². The Labute approximate surface area is 136 Å². The molecular formula is C14H17F3N4O3. The highest BCUT2D eigenvalue weighted by Crippen LogP contribution is 2.29. The SMILES string of the molecule is CN1C(=O)N(c2nccc(C(F)(F)F)n2)CC1C(=O)OC(C)(C)C. The number of hydrogen-bond acceptors (Lipinski definition) is 5. The fourth-order valence-electron chi connectivity index (χ4n) is 2.10. The Kier molecular flexibility index (Phi) is 4.42. The molecule has 0 radical (unpaired) electrons. The van der Waals surface area contributed by atoms with Gasteiger partial charge in [-0.2, -0.15) is 13.2 Å². The lowest BCUT2D eigenvalue weighted by Crippen LogP contribution is -2.40. The molecule has 2 rings (SSSR count). The smallest absolute Gasteiger partial charge is 0.433 e. The van der Waals surface area contributed by atoms with Crippen molar-refractivity contribution in [1.29, 1.82) is 0 Å². The lowest BCUT2D eigenvalue weighted by molar-refractivity contribution is -0.158. The molecule has 7 nitrogen and oxygen atoms in total. The van der Waals surface area contributed by atoms with E-state index in [1.165, 1.54) is 7.05 Å². The molecular weight excluding hydrogens is 329 g/mol. The van der Waals surface area contributed by atoms with Gasteiger partial charge in [-0.3, -0.25) is 4.90 Å². The molecule has 2 amide bonds. The number of nitrogens with zero attached hydrogens (tertiary/aromatic N) is 4. The summed E-state index contributed by atoms with van der Waals surface area (Å²) >= 11 is 0. The van der Waals surface area contributed by atoms with Gasteiger partial charge in [0.1, 0.15) is 17.3 Å². The molecule has 1 aromatic heterocycles. The summed E-state index contributed by atoms with van der Waals surface area (Å²) in [6.07, 6.45) is -3.74. The van der Waals surface area contributed by atoms with Crippen molar-refractivity contribution in [2.45, 2.75) is 38.6 Å². The van der Waals surface area contributed by atoms with Crippen LogP contribution in [0.5, 0.6) is 0 Å². The first-order chi connectivity index (χ1) is 10.9. The zero-order valence-corrected chi connectivity index (χ0v) is 13.6. The van der Waals surface area contributed by atoms with E-state index in [0.717, 1.165) is 16.0 Å². The molecule has 2 heterocycles. The van der Waals surface area contributed by atoms with E-state index in [-0.39, 0.29) is 6.54 Å². The van der Waals surface area contributed by atoms with Gasteiger partial charge in [-0.1, -0.05) is 0 Å². The molecule has 1 atom stereocenters. The molecule has 1 aromatic rings. The number of esters is 1. The van der Waals surface area contributed by atoms with E-state index in [0.29, 0.717) is 6.07 Å². The molecule has 1 saturated heterocycles. The Bertz CT molecular complexity index is 657. The van der Waals surface area contributed by atoms with Crippen LogP contribution < -0.4 is 4.90 Å². The van der Waals surface area contributed by atoms with E-state index in [1.54, 1.807) is 20.8 Å². The highest BCUT2D eigenvalue weighted by molar-refractivity contribution is 5.97. The Morgan fingerprint density at radius 1 is 1.33 bits per heavy atom. The van der Waals surface area contributed by atoms with Gasteiger partial charge < -0.3 is 9.64 Å². The van der Waals surface area contributed by atoms with Crippen molar-refractivity contribution in [1.82, 2.24) is 14.9 Å². The summed E-state index contributed by atoms with van der Waals surface area (Å²) in [6.45, 7) is 4.84. The molecule has 1 aliphatic heterocycles. The van der Waals surface area contributed by atoms with E-state index in [9.17, 15) is 22.8 Å². The fourth-order valence-corrected chi connectivity index (χ4v) is 2.10. The largest absolute Gasteiger partial charge is 0.458 e. The third-order valence-corrected chi connectivity index (χ3v) is 3.21. The normalized spacial score (nSPS) is 19.0. The fraction of sp³-hybridized carbons (Fsp3) is 0.571. The average Bonchev–Trinajstić information content (AvgIpc) is 2.73. The van der Waals surface area contributed by atoms with Gasteiger partial charge in [0.05, 0.1) is 6.54 Å². The number of ether oxygens (including phenoxy) is 1. The van der Waals surface area contributed by atoms with Crippen molar-refractivity contribution in [2.75, 3.05) is 18.5 Å². The van der Waals surface area contributed by atoms with E-state index in [2.05, 4.69) is 9.97 Å². The number of hydrogen-bond donors (Lipinski definition) is 0. The average molecular weight is 346 g/mol. The van der Waals surface area contributed by atoms with E-state index in [4.69, 9.17) is 4.74 Å². The topological polar surface area (TPSA) is 75.6 Å². The minimum absolute atomic E-state index is 0.189. The molecule has 0 aliphatic carbocycles. The predicted octanol–water partition coefficient (Wildman–Crippen LogP) is 2.08. The molecule has 0 N–H and O–H groups in total. The Morgan fingerprint density at radius 3 is 2.50 bits per heavy atom. The highest BCUT2D eigenvalue weighted by Gasteiger charge is 2.43. The maximum absolute atomic E-state index is 12.7. The number of rotatable bonds is 2. The molecule has 0 aromatic carbocycles. The van der Waals surface area contributed by atoms with E-state index in [1.807, 2.05) is 0 Å². The standard InChI is InChI=1S/C14H17F3N4O3/c1-13(2,3)24-10(22)8-7-21(12(23)20(8)4)11-18-6-5-9(19-11)14(15,16)17/h5-6,8H,7H2,1-4H3. The number of aromatic nitrogens is 2. The summed E-state index contributed by atoms with van der Waals surface area (Å²) < 4.78 is 43.4. The third kappa shape index (κ3) is 3.74. The van der Waals surface area contributed by atoms with Gasteiger partial charge in [0, 0.05) is 13.2 Å². The number of halogens is 3. The van der Waals surface area contributed by atoms with Crippen molar-refractivity contribution < 1.29 is 27.5 Å². The molecule has 0 bridgehead atoms. The van der Waals surface area contributed by atoms with Gasteiger partial charge in [-0.25, -0.2) is 19.6 Å². The van der Waals surface area contributed by atoms with Gasteiger partial charge in [0.15, 0.2) is 0 Å². The van der Waals surface area contributed by atoms with Gasteiger partial charge in [-0.15, -0.1) is 0 Å². The molecule has 10 heteroatoms. The van der Waals surface area contributed by atoms with Crippen LogP contribution in [0.2, 0.25) is 0 Å². The van der Waals surface area contributed by atoms with Crippen molar-refractivity contribution in [3.05, 3.63) is 18.0 Å². The molecule has 1 unspecified atom stereocenters. The first-order valence-corrected chi connectivity index (χ1v) is 7.07. The second-order valence-electron chi connectivity index (χ2n) is 6.29. The van der Waals surface area contributed by atoms with Gasteiger partial charge in [-0.05, 0) is 26.8 Å². The van der Waals surface area contributed by atoms with E-state index >= 15 is 0 Å². The van der Waals surface area contributed by atoms with E-state index < -0.39 is 41.5 Å². The first kappa shape index (κ1) is 18.0. The summed E-state index contributed by atoms with van der Waals surface area (Å²) in [5.41, 5.74) is -1.91. The molecule has 1 aliphatic rings. The molecule has 132 valence electrons. The molecule has 0 saturated carbocycles. The lowest BCUT2D eigenvalue weighted by atomic mass is 10.2. The second-order valence-corrected chi connectivity index (χ2v) is 6.29. The zero-order chi connectivity index (χ0) is 18.3. The number of carbonyl (C=O) groups excluding carboxylic acids is 2. The Morgan fingerprint density at radius 2 is 1.96 bits per heavy atom. The number of likely N-dealkylation sites (N-methyl/N-ethyl adjacent to an activating group) is 1. The summed E-state index contributed by atoms with van der Waals surface area (Å²) in [5.74, 6) is -1.06. The van der Waals surface area contributed by atoms with Gasteiger partial charge in [0.25, 0.3) is 0 Å². The van der Waals surface area contributed by atoms with Gasteiger partial charge >= 0.3 is 18.2 Å². The summed E-state index contributed by atoms with van der Waals surface area (Å²) in [5, 5.41) is 0. The Balaban J connectivity index is 2.25. The van der Waals surface area contributed by atoms with Crippen LogP contribution in [0.15, 0.2) is 12.3 Å². The summed E-state index contributed by atoms with van der Waals surface area (Å²) in [6, 6.07) is -0.918. The Hall–Kier alpha value is -2.39. The highest BCUT2D eigenvalue weighted by atomic mass is 19.4. The number of alkyl halides is 3. The van der Waals surface area contributed by atoms with Crippen LogP contribution in [-0.4, -0.2) is 52.1 Å². The number of amides is 2. The maximum atomic E-state index is 12.7. The van der Waals surface area contributed by atoms with Crippen LogP contribution in [-0.2, 0) is 15.7 Å². The van der Waals surface area contributed by atoms with Crippen LogP contribution in [0.25, 0.3) is 0 Å². The third-order valence-electron chi connectivity index (χ3n) is 3.21. The minimum Gasteiger partial charge on any atom is -0.458 e. The second kappa shape index (κ2) is 5.91. The number of urea groups is 1. The van der Waals surface area contributed by atoms with Crippen LogP contribution in [0, 0.1) is 0 Å². The maximum Gasteiger partial charge on any atom is 0.433 e. The van der Waals surface area contributed by atoms with Crippen molar-refractivity contribution in [3.63, 3.8) is 0 Å². The quantitative estimate of drug-likeness (QED) is 0.767.